The van der Waals surface area contributed by atoms with Crippen molar-refractivity contribution in [2.24, 2.45) is 0 Å². The van der Waals surface area contributed by atoms with E-state index in [1.165, 1.54) is 0 Å². The van der Waals surface area contributed by atoms with Gasteiger partial charge in [0.15, 0.2) is 5.75 Å². The SMILES string of the molecule is [O-][S+](c1ccccc1O)N1CCCC1. The van der Waals surface area contributed by atoms with Gasteiger partial charge in [-0.1, -0.05) is 12.1 Å². The molecular weight excluding hydrogens is 198 g/mol. The number of para-hydroxylation sites is 1. The maximum absolute atomic E-state index is 11.9. The summed E-state index contributed by atoms with van der Waals surface area (Å²) in [5.41, 5.74) is 0. The van der Waals surface area contributed by atoms with E-state index in [1.807, 2.05) is 4.31 Å². The van der Waals surface area contributed by atoms with Crippen molar-refractivity contribution in [1.29, 1.82) is 0 Å². The monoisotopic (exact) mass is 211 g/mol. The predicted molar refractivity (Wildman–Crippen MR) is 55.3 cm³/mol. The maximum Gasteiger partial charge on any atom is 0.215 e. The van der Waals surface area contributed by atoms with Crippen LogP contribution in [0.1, 0.15) is 12.8 Å². The molecule has 14 heavy (non-hydrogen) atoms. The minimum Gasteiger partial charge on any atom is -0.593 e. The summed E-state index contributed by atoms with van der Waals surface area (Å²) in [5, 5.41) is 9.52. The largest absolute Gasteiger partial charge is 0.593 e. The number of phenols is 1. The van der Waals surface area contributed by atoms with E-state index >= 15 is 0 Å². The molecular formula is C10H13NO2S. The molecule has 0 aliphatic carbocycles. The highest BCUT2D eigenvalue weighted by Gasteiger charge is 2.27. The Kier molecular flexibility index (Phi) is 2.96. The lowest BCUT2D eigenvalue weighted by molar-refractivity contribution is 0.443. The molecule has 0 bridgehead atoms. The Hall–Kier alpha value is -0.710. The van der Waals surface area contributed by atoms with Gasteiger partial charge in [-0.2, -0.15) is 0 Å². The van der Waals surface area contributed by atoms with Crippen LogP contribution in [0.15, 0.2) is 29.2 Å². The van der Waals surface area contributed by atoms with Gasteiger partial charge in [0, 0.05) is 13.1 Å². The van der Waals surface area contributed by atoms with E-state index in [9.17, 15) is 9.66 Å². The normalized spacial score (nSPS) is 19.8. The van der Waals surface area contributed by atoms with Crippen molar-refractivity contribution in [3.63, 3.8) is 0 Å². The number of hydrogen-bond acceptors (Lipinski definition) is 3. The second kappa shape index (κ2) is 4.21. The molecule has 1 unspecified atom stereocenters. The molecule has 1 aliphatic heterocycles. The number of rotatable bonds is 2. The summed E-state index contributed by atoms with van der Waals surface area (Å²) in [5.74, 6) is 0.123. The standard InChI is InChI=1S/C10H13NO2S/c12-9-5-1-2-6-10(9)14(13)11-7-3-4-8-11/h1-2,5-6,12H,3-4,7-8H2. The zero-order valence-electron chi connectivity index (χ0n) is 7.85. The topological polar surface area (TPSA) is 46.5 Å². The molecule has 76 valence electrons. The van der Waals surface area contributed by atoms with Crippen LogP contribution in [0.2, 0.25) is 0 Å². The minimum absolute atomic E-state index is 0.123. The number of phenolic OH excluding ortho intramolecular Hbond substituents is 1. The molecule has 0 radical (unpaired) electrons. The van der Waals surface area contributed by atoms with Gasteiger partial charge in [0.2, 0.25) is 4.90 Å². The Morgan fingerprint density at radius 3 is 2.50 bits per heavy atom. The summed E-state index contributed by atoms with van der Waals surface area (Å²) >= 11 is -1.19. The lowest BCUT2D eigenvalue weighted by atomic mass is 10.3. The van der Waals surface area contributed by atoms with Crippen molar-refractivity contribution < 1.29 is 9.66 Å². The van der Waals surface area contributed by atoms with Gasteiger partial charge in [-0.3, -0.25) is 0 Å². The van der Waals surface area contributed by atoms with Gasteiger partial charge in [-0.25, -0.2) is 0 Å². The van der Waals surface area contributed by atoms with Crippen LogP contribution in [-0.2, 0) is 11.4 Å². The van der Waals surface area contributed by atoms with E-state index in [1.54, 1.807) is 24.3 Å². The van der Waals surface area contributed by atoms with Crippen molar-refractivity contribution >= 4 is 11.4 Å². The molecule has 1 aromatic carbocycles. The minimum atomic E-state index is -1.19. The fourth-order valence-corrected chi connectivity index (χ4v) is 2.91. The lowest BCUT2D eigenvalue weighted by Crippen LogP contribution is -2.27. The van der Waals surface area contributed by atoms with Crippen LogP contribution in [0.3, 0.4) is 0 Å². The Labute approximate surface area is 86.7 Å². The number of hydrogen-bond donors (Lipinski definition) is 1. The number of benzene rings is 1. The van der Waals surface area contributed by atoms with Gasteiger partial charge in [-0.05, 0) is 25.0 Å². The molecule has 1 saturated heterocycles. The first-order valence-electron chi connectivity index (χ1n) is 4.74. The second-order valence-corrected chi connectivity index (χ2v) is 4.81. The maximum atomic E-state index is 11.9. The average molecular weight is 211 g/mol. The van der Waals surface area contributed by atoms with Gasteiger partial charge < -0.3 is 9.66 Å². The van der Waals surface area contributed by atoms with Crippen molar-refractivity contribution in [2.45, 2.75) is 17.7 Å². The highest BCUT2D eigenvalue weighted by Crippen LogP contribution is 2.27. The molecule has 1 atom stereocenters. The van der Waals surface area contributed by atoms with Gasteiger partial charge in [0.05, 0.1) is 11.4 Å². The zero-order chi connectivity index (χ0) is 9.97. The van der Waals surface area contributed by atoms with Crippen molar-refractivity contribution in [1.82, 2.24) is 4.31 Å². The molecule has 0 saturated carbocycles. The van der Waals surface area contributed by atoms with Crippen molar-refractivity contribution in [2.75, 3.05) is 13.1 Å². The fraction of sp³-hybridized carbons (Fsp3) is 0.400. The second-order valence-electron chi connectivity index (χ2n) is 3.35. The van der Waals surface area contributed by atoms with Crippen LogP contribution in [0.25, 0.3) is 0 Å². The van der Waals surface area contributed by atoms with Crippen LogP contribution in [0, 0.1) is 0 Å². The third-order valence-corrected chi connectivity index (χ3v) is 3.91. The van der Waals surface area contributed by atoms with E-state index in [4.69, 9.17) is 0 Å². The first-order valence-corrected chi connectivity index (χ1v) is 5.84. The van der Waals surface area contributed by atoms with Crippen LogP contribution >= 0.6 is 0 Å². The molecule has 1 heterocycles. The first-order chi connectivity index (χ1) is 6.79. The summed E-state index contributed by atoms with van der Waals surface area (Å²) in [6.45, 7) is 1.72. The number of aromatic hydroxyl groups is 1. The first kappa shape index (κ1) is 9.83. The van der Waals surface area contributed by atoms with E-state index < -0.39 is 11.4 Å². The van der Waals surface area contributed by atoms with Crippen molar-refractivity contribution in [3.05, 3.63) is 24.3 Å². The summed E-state index contributed by atoms with van der Waals surface area (Å²) in [6, 6.07) is 6.82. The summed E-state index contributed by atoms with van der Waals surface area (Å²) in [4.78, 5) is 0.523. The highest BCUT2D eigenvalue weighted by molar-refractivity contribution is 7.89. The Morgan fingerprint density at radius 1 is 1.21 bits per heavy atom. The summed E-state index contributed by atoms with van der Waals surface area (Å²) in [7, 11) is 0. The Morgan fingerprint density at radius 2 is 1.86 bits per heavy atom. The predicted octanol–water partition coefficient (Wildman–Crippen LogP) is 1.51. The van der Waals surface area contributed by atoms with E-state index in [2.05, 4.69) is 0 Å². The van der Waals surface area contributed by atoms with Gasteiger partial charge in [0.25, 0.3) is 0 Å². The smallest absolute Gasteiger partial charge is 0.215 e. The molecule has 0 amide bonds. The zero-order valence-corrected chi connectivity index (χ0v) is 8.67. The molecule has 1 fully saturated rings. The van der Waals surface area contributed by atoms with Crippen LogP contribution < -0.4 is 0 Å². The summed E-state index contributed by atoms with van der Waals surface area (Å²) in [6.07, 6.45) is 2.19. The van der Waals surface area contributed by atoms with Crippen molar-refractivity contribution in [3.8, 4) is 5.75 Å². The molecule has 1 N–H and O–H groups in total. The number of nitrogens with zero attached hydrogens (tertiary/aromatic N) is 1. The highest BCUT2D eigenvalue weighted by atomic mass is 32.2. The molecule has 0 aromatic heterocycles. The molecule has 2 rings (SSSR count). The van der Waals surface area contributed by atoms with Crippen LogP contribution in [-0.4, -0.2) is 27.1 Å². The van der Waals surface area contributed by atoms with E-state index in [0.29, 0.717) is 4.90 Å². The molecule has 1 aliphatic rings. The summed E-state index contributed by atoms with van der Waals surface area (Å²) < 4.78 is 13.8. The molecule has 4 heteroatoms. The van der Waals surface area contributed by atoms with Gasteiger partial charge >= 0.3 is 0 Å². The quantitative estimate of drug-likeness (QED) is 0.754. The Balaban J connectivity index is 2.17. The lowest BCUT2D eigenvalue weighted by Gasteiger charge is -2.18. The third-order valence-electron chi connectivity index (χ3n) is 2.35. The van der Waals surface area contributed by atoms with E-state index in [0.717, 1.165) is 25.9 Å². The average Bonchev–Trinajstić information content (AvgIpc) is 2.70. The van der Waals surface area contributed by atoms with Gasteiger partial charge in [-0.15, -0.1) is 4.31 Å². The van der Waals surface area contributed by atoms with Crippen LogP contribution in [0.4, 0.5) is 0 Å². The van der Waals surface area contributed by atoms with Crippen LogP contribution in [0.5, 0.6) is 5.75 Å². The van der Waals surface area contributed by atoms with E-state index in [-0.39, 0.29) is 5.75 Å². The molecule has 1 aromatic rings. The fourth-order valence-electron chi connectivity index (χ4n) is 1.60. The molecule has 0 spiro atoms. The van der Waals surface area contributed by atoms with Gasteiger partial charge in [0.1, 0.15) is 0 Å². The Bertz CT molecular complexity index is 313. The molecule has 3 nitrogen and oxygen atoms in total. The third kappa shape index (κ3) is 1.87.